The Morgan fingerprint density at radius 1 is 1.32 bits per heavy atom. The molecule has 2 rings (SSSR count). The van der Waals surface area contributed by atoms with Crippen LogP contribution in [0.25, 0.3) is 5.69 Å². The molecule has 0 radical (unpaired) electrons. The average molecular weight is 252 g/mol. The maximum Gasteiger partial charge on any atom is 0.250 e. The Morgan fingerprint density at radius 3 is 2.63 bits per heavy atom. The van der Waals surface area contributed by atoms with E-state index in [2.05, 4.69) is 4.98 Å². The number of carbonyl (C=O) groups is 1. The predicted molar refractivity (Wildman–Crippen MR) is 65.9 cm³/mol. The molecule has 0 unspecified atom stereocenters. The minimum absolute atomic E-state index is 0.00798. The van der Waals surface area contributed by atoms with Crippen LogP contribution in [0, 0.1) is 22.7 Å². The summed E-state index contributed by atoms with van der Waals surface area (Å²) in [5, 5.41) is 17.9. The van der Waals surface area contributed by atoms with Crippen LogP contribution in [0.5, 0.6) is 0 Å². The molecule has 1 heterocycles. The lowest BCUT2D eigenvalue weighted by Gasteiger charge is -2.10. The Bertz CT molecular complexity index is 747. The van der Waals surface area contributed by atoms with E-state index < -0.39 is 5.91 Å². The average Bonchev–Trinajstić information content (AvgIpc) is 2.81. The Balaban J connectivity index is 2.71. The summed E-state index contributed by atoms with van der Waals surface area (Å²) in [6.07, 6.45) is 1.30. The third-order valence-electron chi connectivity index (χ3n) is 2.59. The van der Waals surface area contributed by atoms with Gasteiger partial charge < -0.3 is 11.5 Å². The number of primary amides is 1. The summed E-state index contributed by atoms with van der Waals surface area (Å²) in [5.74, 6) is -0.668. The maximum absolute atomic E-state index is 11.2. The van der Waals surface area contributed by atoms with E-state index in [-0.39, 0.29) is 22.6 Å². The third-order valence-corrected chi connectivity index (χ3v) is 2.59. The fourth-order valence-electron chi connectivity index (χ4n) is 1.70. The van der Waals surface area contributed by atoms with Crippen molar-refractivity contribution < 1.29 is 4.79 Å². The van der Waals surface area contributed by atoms with E-state index >= 15 is 0 Å². The minimum atomic E-state index is -0.668. The molecular weight excluding hydrogens is 244 g/mol. The number of hydrogen-bond acceptors (Lipinski definition) is 5. The van der Waals surface area contributed by atoms with Gasteiger partial charge >= 0.3 is 0 Å². The van der Waals surface area contributed by atoms with Crippen molar-refractivity contribution in [2.45, 2.75) is 0 Å². The lowest BCUT2D eigenvalue weighted by molar-refractivity contribution is 0.100. The van der Waals surface area contributed by atoms with Crippen LogP contribution in [0.4, 0.5) is 5.69 Å². The van der Waals surface area contributed by atoms with Crippen LogP contribution >= 0.6 is 0 Å². The molecule has 7 nitrogen and oxygen atoms in total. The number of nitrogen functional groups attached to an aromatic ring is 1. The highest BCUT2D eigenvalue weighted by molar-refractivity contribution is 5.99. The molecule has 0 bridgehead atoms. The fourth-order valence-corrected chi connectivity index (χ4v) is 1.70. The molecule has 2 aromatic rings. The van der Waals surface area contributed by atoms with Gasteiger partial charge in [-0.05, 0) is 12.1 Å². The van der Waals surface area contributed by atoms with Crippen LogP contribution in [0.1, 0.15) is 21.7 Å². The maximum atomic E-state index is 11.2. The zero-order valence-corrected chi connectivity index (χ0v) is 9.66. The van der Waals surface area contributed by atoms with Crippen LogP contribution in [-0.2, 0) is 0 Å². The van der Waals surface area contributed by atoms with E-state index in [4.69, 9.17) is 22.0 Å². The Kier molecular flexibility index (Phi) is 2.88. The van der Waals surface area contributed by atoms with Crippen LogP contribution in [-0.4, -0.2) is 15.5 Å². The number of imidazole rings is 1. The van der Waals surface area contributed by atoms with Crippen LogP contribution < -0.4 is 11.5 Å². The molecule has 7 heteroatoms. The standard InChI is InChI=1S/C12H8N6O/c13-4-8-10(5-14)18(6-17-8)9-3-1-2-7(11(9)15)12(16)19/h1-3,6H,15H2,(H2,16,19). The van der Waals surface area contributed by atoms with Gasteiger partial charge in [-0.1, -0.05) is 6.07 Å². The summed E-state index contributed by atoms with van der Waals surface area (Å²) < 4.78 is 1.35. The quantitative estimate of drug-likeness (QED) is 0.741. The van der Waals surface area contributed by atoms with Gasteiger partial charge in [-0.3, -0.25) is 9.36 Å². The first-order valence-corrected chi connectivity index (χ1v) is 5.16. The predicted octanol–water partition coefficient (Wildman–Crippen LogP) is 0.297. The molecule has 92 valence electrons. The minimum Gasteiger partial charge on any atom is -0.396 e. The summed E-state index contributed by atoms with van der Waals surface area (Å²) in [5.41, 5.74) is 11.8. The molecule has 0 aliphatic carbocycles. The fraction of sp³-hybridized carbons (Fsp3) is 0. The lowest BCUT2D eigenvalue weighted by atomic mass is 10.1. The number of hydrogen-bond donors (Lipinski definition) is 2. The zero-order chi connectivity index (χ0) is 14.0. The molecule has 0 aliphatic heterocycles. The Labute approximate surface area is 108 Å². The number of aromatic nitrogens is 2. The Morgan fingerprint density at radius 2 is 2.05 bits per heavy atom. The van der Waals surface area contributed by atoms with E-state index in [1.165, 1.54) is 17.0 Å². The summed E-state index contributed by atoms with van der Waals surface area (Å²) in [6, 6.07) is 8.35. The number of nitrogens with zero attached hydrogens (tertiary/aromatic N) is 4. The van der Waals surface area contributed by atoms with E-state index in [9.17, 15) is 4.79 Å². The van der Waals surface area contributed by atoms with Gasteiger partial charge in [0.25, 0.3) is 5.91 Å². The Hall–Kier alpha value is -3.32. The van der Waals surface area contributed by atoms with Crippen molar-refractivity contribution in [1.82, 2.24) is 9.55 Å². The van der Waals surface area contributed by atoms with Gasteiger partial charge in [-0.25, -0.2) is 4.98 Å². The summed E-state index contributed by atoms with van der Waals surface area (Å²) in [6.45, 7) is 0. The monoisotopic (exact) mass is 252 g/mol. The van der Waals surface area contributed by atoms with Crippen molar-refractivity contribution in [2.24, 2.45) is 5.73 Å². The molecule has 0 fully saturated rings. The molecule has 1 aromatic carbocycles. The van der Waals surface area contributed by atoms with Crippen LogP contribution in [0.2, 0.25) is 0 Å². The molecule has 1 aromatic heterocycles. The second-order valence-corrected chi connectivity index (χ2v) is 3.64. The van der Waals surface area contributed by atoms with Crippen molar-refractivity contribution in [3.63, 3.8) is 0 Å². The number of amides is 1. The SMILES string of the molecule is N#Cc1ncn(-c2cccc(C(N)=O)c2N)c1C#N. The van der Waals surface area contributed by atoms with E-state index in [0.29, 0.717) is 5.69 Å². The molecule has 0 saturated carbocycles. The van der Waals surface area contributed by atoms with Crippen molar-refractivity contribution in [1.29, 1.82) is 10.5 Å². The zero-order valence-electron chi connectivity index (χ0n) is 9.66. The van der Waals surface area contributed by atoms with Crippen LogP contribution in [0.3, 0.4) is 0 Å². The van der Waals surface area contributed by atoms with E-state index in [1.54, 1.807) is 18.2 Å². The molecule has 19 heavy (non-hydrogen) atoms. The highest BCUT2D eigenvalue weighted by atomic mass is 16.1. The molecule has 0 saturated heterocycles. The molecule has 0 atom stereocenters. The topological polar surface area (TPSA) is 135 Å². The van der Waals surface area contributed by atoms with Gasteiger partial charge in [0.05, 0.1) is 16.9 Å². The second-order valence-electron chi connectivity index (χ2n) is 3.64. The van der Waals surface area contributed by atoms with E-state index in [0.717, 1.165) is 0 Å². The number of nitriles is 2. The number of benzene rings is 1. The molecule has 0 spiro atoms. The van der Waals surface area contributed by atoms with Gasteiger partial charge in [0.2, 0.25) is 0 Å². The van der Waals surface area contributed by atoms with Gasteiger partial charge in [0.1, 0.15) is 18.5 Å². The number of carbonyl (C=O) groups excluding carboxylic acids is 1. The van der Waals surface area contributed by atoms with Gasteiger partial charge in [-0.2, -0.15) is 10.5 Å². The first-order chi connectivity index (χ1) is 9.10. The van der Waals surface area contributed by atoms with Gasteiger partial charge in [0, 0.05) is 0 Å². The normalized spacial score (nSPS) is 9.58. The first kappa shape index (κ1) is 12.1. The number of rotatable bonds is 2. The van der Waals surface area contributed by atoms with Crippen molar-refractivity contribution >= 4 is 11.6 Å². The van der Waals surface area contributed by atoms with Crippen molar-refractivity contribution in [3.05, 3.63) is 41.5 Å². The smallest absolute Gasteiger partial charge is 0.250 e. The van der Waals surface area contributed by atoms with Crippen molar-refractivity contribution in [2.75, 3.05) is 5.73 Å². The van der Waals surface area contributed by atoms with Crippen molar-refractivity contribution in [3.8, 4) is 17.8 Å². The number of para-hydroxylation sites is 1. The molecule has 4 N–H and O–H groups in total. The third kappa shape index (κ3) is 1.85. The summed E-state index contributed by atoms with van der Waals surface area (Å²) in [4.78, 5) is 15.0. The second kappa shape index (κ2) is 4.51. The van der Waals surface area contributed by atoms with Gasteiger partial charge in [0.15, 0.2) is 11.4 Å². The first-order valence-electron chi connectivity index (χ1n) is 5.16. The summed E-state index contributed by atoms with van der Waals surface area (Å²) in [7, 11) is 0. The highest BCUT2D eigenvalue weighted by Crippen LogP contribution is 2.23. The van der Waals surface area contributed by atoms with E-state index in [1.807, 2.05) is 6.07 Å². The number of nitrogens with two attached hydrogens (primary N) is 2. The molecule has 0 aliphatic rings. The summed E-state index contributed by atoms with van der Waals surface area (Å²) >= 11 is 0. The number of anilines is 1. The highest BCUT2D eigenvalue weighted by Gasteiger charge is 2.16. The largest absolute Gasteiger partial charge is 0.396 e. The molecule has 1 amide bonds. The molecular formula is C12H8N6O. The van der Waals surface area contributed by atoms with Gasteiger partial charge in [-0.15, -0.1) is 0 Å². The lowest BCUT2D eigenvalue weighted by Crippen LogP contribution is -2.15. The van der Waals surface area contributed by atoms with Crippen LogP contribution in [0.15, 0.2) is 24.5 Å².